The molecule has 38 heavy (non-hydrogen) atoms. The number of benzene rings is 1. The predicted octanol–water partition coefficient (Wildman–Crippen LogP) is 5.71. The highest BCUT2D eigenvalue weighted by molar-refractivity contribution is 6.74. The molecule has 0 aromatic heterocycles. The second-order valence-corrected chi connectivity index (χ2v) is 16.2. The van der Waals surface area contributed by atoms with Gasteiger partial charge < -0.3 is 28.7 Å². The van der Waals surface area contributed by atoms with Crippen LogP contribution in [-0.4, -0.2) is 63.9 Å². The number of halogens is 3. The molecular weight excluding hydrogens is 519 g/mol. The molecule has 1 fully saturated rings. The smallest absolute Gasteiger partial charge is 0.414 e. The summed E-state index contributed by atoms with van der Waals surface area (Å²) in [5.41, 5.74) is 0.987. The molecule has 1 amide bonds. The van der Waals surface area contributed by atoms with Crippen LogP contribution in [0.2, 0.25) is 18.1 Å². The topological polar surface area (TPSA) is 75.3 Å². The van der Waals surface area contributed by atoms with Crippen molar-refractivity contribution in [2.45, 2.75) is 103 Å². The van der Waals surface area contributed by atoms with Gasteiger partial charge in [-0.15, -0.1) is 0 Å². The summed E-state index contributed by atoms with van der Waals surface area (Å²) >= 11 is 0. The number of carbonyl (C=O) groups excluding carboxylic acids is 1. The molecule has 0 bridgehead atoms. The molecule has 0 unspecified atom stereocenters. The maximum atomic E-state index is 13.2. The first-order chi connectivity index (χ1) is 17.4. The number of rotatable bonds is 12. The highest BCUT2D eigenvalue weighted by atomic mass is 28.4. The van der Waals surface area contributed by atoms with E-state index in [0.717, 1.165) is 5.56 Å². The van der Waals surface area contributed by atoms with Gasteiger partial charge in [0.25, 0.3) is 0 Å². The standard InChI is InChI=1S/C27H42F3NO6Si/c1-19(34-18-33-16-20-12-10-9-11-13-20)14-15-21(31-24(32)27(28,29)30)23-22(36-26(5,6)37-23)17-35-38(7,8)25(2,3)4/h9-15,19,21-23H,16-18H2,1-8H3,(H,31,32)/b15-14+/t19-,21-,22+,23+/m1/s1. The van der Waals surface area contributed by atoms with Crippen LogP contribution in [0, 0.1) is 0 Å². The summed E-state index contributed by atoms with van der Waals surface area (Å²) in [5.74, 6) is -3.14. The minimum absolute atomic E-state index is 0.0149. The lowest BCUT2D eigenvalue weighted by molar-refractivity contribution is -0.175. The maximum Gasteiger partial charge on any atom is 0.471 e. The highest BCUT2D eigenvalue weighted by Gasteiger charge is 2.49. The first-order valence-electron chi connectivity index (χ1n) is 12.7. The number of amides is 1. The summed E-state index contributed by atoms with van der Waals surface area (Å²) in [4.78, 5) is 11.9. The summed E-state index contributed by atoms with van der Waals surface area (Å²) in [6, 6.07) is 8.42. The largest absolute Gasteiger partial charge is 0.471 e. The van der Waals surface area contributed by atoms with Crippen LogP contribution in [0.25, 0.3) is 0 Å². The Morgan fingerprint density at radius 2 is 1.76 bits per heavy atom. The Labute approximate surface area is 225 Å². The van der Waals surface area contributed by atoms with E-state index in [1.165, 1.54) is 6.08 Å². The zero-order valence-electron chi connectivity index (χ0n) is 23.6. The van der Waals surface area contributed by atoms with Gasteiger partial charge in [0.2, 0.25) is 0 Å². The molecule has 0 radical (unpaired) electrons. The van der Waals surface area contributed by atoms with E-state index >= 15 is 0 Å². The van der Waals surface area contributed by atoms with Crippen molar-refractivity contribution in [2.24, 2.45) is 0 Å². The van der Waals surface area contributed by atoms with E-state index in [4.69, 9.17) is 23.4 Å². The molecule has 0 aliphatic carbocycles. The van der Waals surface area contributed by atoms with Crippen molar-refractivity contribution < 1.29 is 41.3 Å². The van der Waals surface area contributed by atoms with Crippen molar-refractivity contribution >= 4 is 14.2 Å². The van der Waals surface area contributed by atoms with Gasteiger partial charge in [0, 0.05) is 0 Å². The molecule has 4 atom stereocenters. The maximum absolute atomic E-state index is 13.2. The molecule has 1 saturated heterocycles. The summed E-state index contributed by atoms with van der Waals surface area (Å²) in [5, 5.41) is 1.98. The Bertz CT molecular complexity index is 918. The molecule has 2 rings (SSSR count). The Morgan fingerprint density at radius 3 is 2.34 bits per heavy atom. The fourth-order valence-electron chi connectivity index (χ4n) is 3.50. The molecule has 1 aliphatic rings. The second-order valence-electron chi connectivity index (χ2n) is 11.4. The van der Waals surface area contributed by atoms with Crippen molar-refractivity contribution in [3.8, 4) is 0 Å². The van der Waals surface area contributed by atoms with Crippen LogP contribution < -0.4 is 5.32 Å². The molecule has 1 aromatic rings. The molecular formula is C27H42F3NO6Si. The lowest BCUT2D eigenvalue weighted by Gasteiger charge is -2.37. The number of carbonyl (C=O) groups is 1. The summed E-state index contributed by atoms with van der Waals surface area (Å²) in [6.07, 6.45) is -4.17. The molecule has 7 nitrogen and oxygen atoms in total. The number of hydrogen-bond donors (Lipinski definition) is 1. The molecule has 1 aliphatic heterocycles. The van der Waals surface area contributed by atoms with E-state index in [-0.39, 0.29) is 18.4 Å². The van der Waals surface area contributed by atoms with Gasteiger partial charge in [-0.2, -0.15) is 13.2 Å². The Balaban J connectivity index is 2.11. The van der Waals surface area contributed by atoms with E-state index in [9.17, 15) is 18.0 Å². The third-order valence-corrected chi connectivity index (χ3v) is 11.2. The van der Waals surface area contributed by atoms with Crippen LogP contribution in [0.5, 0.6) is 0 Å². The fraction of sp³-hybridized carbons (Fsp3) is 0.667. The van der Waals surface area contributed by atoms with E-state index < -0.39 is 50.5 Å². The monoisotopic (exact) mass is 561 g/mol. The van der Waals surface area contributed by atoms with Gasteiger partial charge in [0.1, 0.15) is 19.0 Å². The molecule has 216 valence electrons. The first kappa shape index (κ1) is 32.4. The Morgan fingerprint density at radius 1 is 1.13 bits per heavy atom. The zero-order chi connectivity index (χ0) is 28.8. The fourth-order valence-corrected chi connectivity index (χ4v) is 4.51. The van der Waals surface area contributed by atoms with Gasteiger partial charge in [-0.25, -0.2) is 0 Å². The minimum atomic E-state index is -5.05. The number of nitrogens with one attached hydrogen (secondary N) is 1. The lowest BCUT2D eigenvalue weighted by Crippen LogP contribution is -2.52. The van der Waals surface area contributed by atoms with Crippen LogP contribution in [0.4, 0.5) is 13.2 Å². The molecule has 1 heterocycles. The molecule has 0 spiro atoms. The third kappa shape index (κ3) is 10.1. The summed E-state index contributed by atoms with van der Waals surface area (Å²) in [7, 11) is -2.18. The van der Waals surface area contributed by atoms with E-state index in [2.05, 4.69) is 39.2 Å². The average Bonchev–Trinajstić information content (AvgIpc) is 3.11. The van der Waals surface area contributed by atoms with Crippen LogP contribution in [-0.2, 0) is 34.8 Å². The molecule has 1 aromatic carbocycles. The van der Waals surface area contributed by atoms with Gasteiger partial charge >= 0.3 is 12.1 Å². The normalized spacial score (nSPS) is 22.0. The Hall–Kier alpha value is -1.76. The van der Waals surface area contributed by atoms with Gasteiger partial charge in [-0.3, -0.25) is 4.79 Å². The van der Waals surface area contributed by atoms with Gasteiger partial charge in [-0.05, 0) is 44.5 Å². The molecule has 1 N–H and O–H groups in total. The van der Waals surface area contributed by atoms with Gasteiger partial charge in [0.15, 0.2) is 14.1 Å². The summed E-state index contributed by atoms with van der Waals surface area (Å²) in [6.45, 7) is 16.0. The average molecular weight is 562 g/mol. The quantitative estimate of drug-likeness (QED) is 0.153. The number of alkyl halides is 3. The van der Waals surface area contributed by atoms with Crippen LogP contribution in [0.1, 0.15) is 47.1 Å². The third-order valence-electron chi connectivity index (χ3n) is 6.66. The molecule has 11 heteroatoms. The second kappa shape index (κ2) is 13.1. The zero-order valence-corrected chi connectivity index (χ0v) is 24.6. The van der Waals surface area contributed by atoms with Crippen LogP contribution in [0.3, 0.4) is 0 Å². The Kier molecular flexibility index (Phi) is 11.2. The van der Waals surface area contributed by atoms with E-state index in [0.29, 0.717) is 6.61 Å². The first-order valence-corrected chi connectivity index (χ1v) is 15.6. The van der Waals surface area contributed by atoms with E-state index in [1.54, 1.807) is 26.8 Å². The van der Waals surface area contributed by atoms with Crippen molar-refractivity contribution in [2.75, 3.05) is 13.4 Å². The van der Waals surface area contributed by atoms with Crippen molar-refractivity contribution in [3.05, 3.63) is 48.0 Å². The van der Waals surface area contributed by atoms with Crippen LogP contribution >= 0.6 is 0 Å². The van der Waals surface area contributed by atoms with Crippen molar-refractivity contribution in [1.82, 2.24) is 5.32 Å². The van der Waals surface area contributed by atoms with Crippen molar-refractivity contribution in [3.63, 3.8) is 0 Å². The summed E-state index contributed by atoms with van der Waals surface area (Å²) < 4.78 is 68.9. The number of ether oxygens (including phenoxy) is 4. The highest BCUT2D eigenvalue weighted by Crippen LogP contribution is 2.38. The van der Waals surface area contributed by atoms with E-state index in [1.807, 2.05) is 30.3 Å². The lowest BCUT2D eigenvalue weighted by atomic mass is 10.0. The predicted molar refractivity (Wildman–Crippen MR) is 141 cm³/mol. The van der Waals surface area contributed by atoms with Crippen molar-refractivity contribution in [1.29, 1.82) is 0 Å². The van der Waals surface area contributed by atoms with Crippen LogP contribution in [0.15, 0.2) is 42.5 Å². The SMILES string of the molecule is C[C@H](/C=C/[C@@H](NC(=O)C(F)(F)F)[C@@H]1OC(C)(C)O[C@H]1CO[Si](C)(C)C(C)(C)C)OCOCc1ccccc1. The number of hydrogen-bond acceptors (Lipinski definition) is 6. The van der Waals surface area contributed by atoms with Gasteiger partial charge in [-0.1, -0.05) is 63.3 Å². The molecule has 0 saturated carbocycles. The minimum Gasteiger partial charge on any atom is -0.414 e. The van der Waals surface area contributed by atoms with Gasteiger partial charge in [0.05, 0.1) is 25.4 Å².